The van der Waals surface area contributed by atoms with Crippen LogP contribution in [0.25, 0.3) is 10.8 Å². The number of azo groups is 1. The first kappa shape index (κ1) is 14.9. The smallest absolute Gasteiger partial charge is 0.295 e. The Morgan fingerprint density at radius 2 is 1.74 bits per heavy atom. The molecule has 9 nitrogen and oxygen atoms in total. The zero-order chi connectivity index (χ0) is 16.6. The minimum absolute atomic E-state index is 0.102. The molecule has 0 fully saturated rings. The number of nitrogen functional groups attached to an aromatic ring is 2. The Labute approximate surface area is 130 Å². The van der Waals surface area contributed by atoms with Gasteiger partial charge in [-0.3, -0.25) is 9.65 Å². The number of benzene rings is 2. The fourth-order valence-electron chi connectivity index (χ4n) is 2.14. The molecule has 3 rings (SSSR count). The molecule has 0 radical (unpaired) electrons. The van der Waals surface area contributed by atoms with Gasteiger partial charge in [-0.1, -0.05) is 24.3 Å². The van der Waals surface area contributed by atoms with E-state index in [-0.39, 0.29) is 22.2 Å². The highest BCUT2D eigenvalue weighted by Gasteiger charge is 2.15. The number of nitrogens with two attached hydrogens (primary N) is 2. The summed E-state index contributed by atoms with van der Waals surface area (Å²) in [6.45, 7) is 0. The van der Waals surface area contributed by atoms with Crippen LogP contribution in [0.5, 0.6) is 0 Å². The Hall–Kier alpha value is -2.98. The average molecular weight is 332 g/mol. The number of nitrogens with zero attached hydrogens (tertiary/aromatic N) is 3. The van der Waals surface area contributed by atoms with Gasteiger partial charge >= 0.3 is 0 Å². The Bertz CT molecular complexity index is 1010. The van der Waals surface area contributed by atoms with Crippen LogP contribution in [0.2, 0.25) is 0 Å². The topological polar surface area (TPSA) is 160 Å². The van der Waals surface area contributed by atoms with E-state index in [0.29, 0.717) is 16.5 Å². The molecular formula is C13H12N6O3S. The number of rotatable bonds is 3. The van der Waals surface area contributed by atoms with Gasteiger partial charge in [0.05, 0.1) is 5.69 Å². The molecule has 0 aliphatic heterocycles. The normalized spacial score (nSPS) is 12.2. The first-order chi connectivity index (χ1) is 10.9. The number of aromatic nitrogens is 2. The van der Waals surface area contributed by atoms with Gasteiger partial charge in [-0.2, -0.15) is 13.5 Å². The van der Waals surface area contributed by atoms with Crippen LogP contribution in [0.1, 0.15) is 0 Å². The Kier molecular flexibility index (Phi) is 3.47. The van der Waals surface area contributed by atoms with Crippen molar-refractivity contribution in [2.75, 3.05) is 11.5 Å². The van der Waals surface area contributed by atoms with Crippen LogP contribution in [0.4, 0.5) is 23.0 Å². The van der Waals surface area contributed by atoms with Crippen molar-refractivity contribution >= 4 is 43.9 Å². The number of hydrogen-bond acceptors (Lipinski definition) is 7. The fraction of sp³-hybridized carbons (Fsp3) is 0. The third-order valence-corrected chi connectivity index (χ3v) is 4.10. The van der Waals surface area contributed by atoms with Gasteiger partial charge in [0.25, 0.3) is 10.1 Å². The number of aromatic amines is 1. The van der Waals surface area contributed by atoms with Crippen molar-refractivity contribution in [2.24, 2.45) is 10.2 Å². The minimum Gasteiger partial charge on any atom is -0.382 e. The third kappa shape index (κ3) is 2.72. The maximum atomic E-state index is 11.4. The molecule has 6 N–H and O–H groups in total. The summed E-state index contributed by atoms with van der Waals surface area (Å²) in [5, 5.41) is 15.0. The predicted molar refractivity (Wildman–Crippen MR) is 85.4 cm³/mol. The van der Waals surface area contributed by atoms with Crippen molar-refractivity contribution in [2.45, 2.75) is 4.90 Å². The van der Waals surface area contributed by atoms with Crippen LogP contribution in [-0.2, 0) is 10.1 Å². The molecular weight excluding hydrogens is 320 g/mol. The summed E-state index contributed by atoms with van der Waals surface area (Å²) >= 11 is 0. The van der Waals surface area contributed by atoms with E-state index in [9.17, 15) is 13.0 Å². The van der Waals surface area contributed by atoms with E-state index in [0.717, 1.165) is 0 Å². The molecule has 0 aliphatic carbocycles. The van der Waals surface area contributed by atoms with E-state index in [4.69, 9.17) is 11.5 Å². The summed E-state index contributed by atoms with van der Waals surface area (Å²) in [4.78, 5) is -0.200. The van der Waals surface area contributed by atoms with Crippen LogP contribution in [-0.4, -0.2) is 23.2 Å². The second-order valence-electron chi connectivity index (χ2n) is 4.67. The number of nitrogens with one attached hydrogen (secondary N) is 1. The molecule has 1 aromatic heterocycles. The molecule has 0 atom stereocenters. The molecule has 0 saturated heterocycles. The molecule has 0 unspecified atom stereocenters. The minimum atomic E-state index is -4.35. The number of H-pyrrole nitrogens is 1. The lowest BCUT2D eigenvalue weighted by Crippen LogP contribution is -1.98. The van der Waals surface area contributed by atoms with Gasteiger partial charge in [-0.15, -0.1) is 10.2 Å². The van der Waals surface area contributed by atoms with Gasteiger partial charge in [-0.05, 0) is 12.1 Å². The summed E-state index contributed by atoms with van der Waals surface area (Å²) < 4.78 is 32.2. The Balaban J connectivity index is 2.17. The average Bonchev–Trinajstić information content (AvgIpc) is 2.82. The lowest BCUT2D eigenvalue weighted by atomic mass is 10.1. The highest BCUT2D eigenvalue weighted by molar-refractivity contribution is 7.86. The monoisotopic (exact) mass is 332 g/mol. The van der Waals surface area contributed by atoms with Crippen molar-refractivity contribution in [3.63, 3.8) is 0 Å². The molecule has 0 bridgehead atoms. The standard InChI is InChI=1S/C13H12N6O3S/c14-12-11(13(15)19-18-12)17-16-9-5-6-10(23(20,21)22)8-4-2-1-3-7(8)9/h1-6H,(H,20,21,22)(H5,14,15,18,19). The SMILES string of the molecule is Nc1n[nH]c(N)c1N=Nc1ccc(S(=O)(=O)O)c2ccccc12. The molecule has 0 amide bonds. The van der Waals surface area contributed by atoms with Crippen LogP contribution in [0, 0.1) is 0 Å². The summed E-state index contributed by atoms with van der Waals surface area (Å²) in [7, 11) is -4.35. The van der Waals surface area contributed by atoms with E-state index in [1.807, 2.05) is 0 Å². The van der Waals surface area contributed by atoms with Crippen LogP contribution in [0.15, 0.2) is 51.5 Å². The summed E-state index contributed by atoms with van der Waals surface area (Å²) in [6, 6.07) is 9.30. The molecule has 2 aromatic carbocycles. The van der Waals surface area contributed by atoms with E-state index in [1.54, 1.807) is 24.3 Å². The van der Waals surface area contributed by atoms with Crippen LogP contribution < -0.4 is 11.5 Å². The second-order valence-corrected chi connectivity index (χ2v) is 6.06. The fourth-order valence-corrected chi connectivity index (χ4v) is 2.84. The summed E-state index contributed by atoms with van der Waals surface area (Å²) in [6.07, 6.45) is 0. The highest BCUT2D eigenvalue weighted by Crippen LogP contribution is 2.34. The first-order valence-corrected chi connectivity index (χ1v) is 7.82. The molecule has 0 saturated carbocycles. The largest absolute Gasteiger partial charge is 0.382 e. The quantitative estimate of drug-likeness (QED) is 0.425. The van der Waals surface area contributed by atoms with E-state index in [2.05, 4.69) is 20.4 Å². The first-order valence-electron chi connectivity index (χ1n) is 6.38. The van der Waals surface area contributed by atoms with Gasteiger partial charge < -0.3 is 11.5 Å². The molecule has 1 heterocycles. The molecule has 10 heteroatoms. The van der Waals surface area contributed by atoms with Gasteiger partial charge in [0.1, 0.15) is 10.7 Å². The predicted octanol–water partition coefficient (Wildman–Crippen LogP) is 2.39. The van der Waals surface area contributed by atoms with Crippen LogP contribution in [0.3, 0.4) is 0 Å². The van der Waals surface area contributed by atoms with Crippen molar-refractivity contribution < 1.29 is 13.0 Å². The number of anilines is 2. The lowest BCUT2D eigenvalue weighted by molar-refractivity contribution is 0.484. The van der Waals surface area contributed by atoms with Crippen molar-refractivity contribution in [1.29, 1.82) is 0 Å². The van der Waals surface area contributed by atoms with Crippen molar-refractivity contribution in [3.8, 4) is 0 Å². The Morgan fingerprint density at radius 1 is 1.04 bits per heavy atom. The highest BCUT2D eigenvalue weighted by atomic mass is 32.2. The van der Waals surface area contributed by atoms with E-state index >= 15 is 0 Å². The van der Waals surface area contributed by atoms with Crippen molar-refractivity contribution in [3.05, 3.63) is 36.4 Å². The molecule has 118 valence electrons. The molecule has 3 aromatic rings. The molecule has 0 aliphatic rings. The third-order valence-electron chi connectivity index (χ3n) is 3.19. The zero-order valence-corrected chi connectivity index (χ0v) is 12.4. The van der Waals surface area contributed by atoms with Crippen molar-refractivity contribution in [1.82, 2.24) is 10.2 Å². The summed E-state index contributed by atoms with van der Waals surface area (Å²) in [5.41, 5.74) is 11.8. The Morgan fingerprint density at radius 3 is 2.35 bits per heavy atom. The van der Waals surface area contributed by atoms with E-state index in [1.165, 1.54) is 12.1 Å². The second kappa shape index (κ2) is 5.34. The van der Waals surface area contributed by atoms with Crippen LogP contribution >= 0.6 is 0 Å². The van der Waals surface area contributed by atoms with Gasteiger partial charge in [0, 0.05) is 10.8 Å². The molecule has 23 heavy (non-hydrogen) atoms. The zero-order valence-electron chi connectivity index (χ0n) is 11.6. The number of fused-ring (bicyclic) bond motifs is 1. The van der Waals surface area contributed by atoms with Gasteiger partial charge in [0.15, 0.2) is 11.5 Å². The maximum Gasteiger partial charge on any atom is 0.295 e. The number of hydrogen-bond donors (Lipinski definition) is 4. The molecule has 0 spiro atoms. The van der Waals surface area contributed by atoms with Gasteiger partial charge in [0.2, 0.25) is 0 Å². The van der Waals surface area contributed by atoms with E-state index < -0.39 is 10.1 Å². The van der Waals surface area contributed by atoms with Gasteiger partial charge in [-0.25, -0.2) is 0 Å². The lowest BCUT2D eigenvalue weighted by Gasteiger charge is -2.05. The summed E-state index contributed by atoms with van der Waals surface area (Å²) in [5.74, 6) is 0.273. The maximum absolute atomic E-state index is 11.4.